The maximum absolute atomic E-state index is 11.8. The van der Waals surface area contributed by atoms with E-state index in [9.17, 15) is 4.79 Å². The van der Waals surface area contributed by atoms with Gasteiger partial charge in [0.25, 0.3) is 0 Å². The molecule has 2 aromatic heterocycles. The number of carbonyl (C=O) groups is 1. The van der Waals surface area contributed by atoms with Crippen molar-refractivity contribution < 1.29 is 9.53 Å². The monoisotopic (exact) mass is 342 g/mol. The predicted molar refractivity (Wildman–Crippen MR) is 86.0 cm³/mol. The quantitative estimate of drug-likeness (QED) is 0.825. The number of aryl methyl sites for hydroxylation is 1. The molecule has 0 aliphatic heterocycles. The molecule has 118 valence electrons. The van der Waals surface area contributed by atoms with Gasteiger partial charge >= 0.3 is 6.09 Å². The molecular formula is C14H16Cl2N4O2. The molecule has 2 heterocycles. The number of hydrogen-bond acceptors (Lipinski definition) is 4. The number of anilines is 1. The maximum Gasteiger partial charge on any atom is 0.412 e. The first kappa shape index (κ1) is 16.6. The van der Waals surface area contributed by atoms with Crippen molar-refractivity contribution in [2.75, 3.05) is 11.9 Å². The van der Waals surface area contributed by atoms with Gasteiger partial charge in [-0.1, -0.05) is 36.5 Å². The Morgan fingerprint density at radius 3 is 2.86 bits per heavy atom. The highest BCUT2D eigenvalue weighted by Crippen LogP contribution is 2.24. The number of halogens is 2. The molecule has 0 spiro atoms. The number of rotatable bonds is 5. The molecule has 0 saturated carbocycles. The molecule has 0 aromatic carbocycles. The van der Waals surface area contributed by atoms with Gasteiger partial charge < -0.3 is 4.74 Å². The fraction of sp³-hybridized carbons (Fsp3) is 0.357. The molecule has 0 aliphatic carbocycles. The summed E-state index contributed by atoms with van der Waals surface area (Å²) in [6.07, 6.45) is 2.69. The molecule has 0 saturated heterocycles. The van der Waals surface area contributed by atoms with E-state index < -0.39 is 6.09 Å². The lowest BCUT2D eigenvalue weighted by Gasteiger charge is -2.10. The van der Waals surface area contributed by atoms with E-state index in [4.69, 9.17) is 27.9 Å². The Balaban J connectivity index is 2.21. The lowest BCUT2D eigenvalue weighted by molar-refractivity contribution is 0.159. The molecule has 0 aliphatic rings. The van der Waals surface area contributed by atoms with Gasteiger partial charge in [-0.25, -0.2) is 9.78 Å². The number of carbonyl (C=O) groups excluding carboxylic acids is 1. The van der Waals surface area contributed by atoms with Crippen LogP contribution < -0.4 is 5.32 Å². The Bertz CT molecular complexity index is 673. The third-order valence-corrected chi connectivity index (χ3v) is 3.27. The Kier molecular flexibility index (Phi) is 5.63. The SMILES string of the molecule is CCCCOC(=O)Nc1cc(C)nn1-c1ncc(Cl)cc1Cl. The van der Waals surface area contributed by atoms with Crippen molar-refractivity contribution in [3.8, 4) is 5.82 Å². The van der Waals surface area contributed by atoms with Crippen LogP contribution in [0.25, 0.3) is 5.82 Å². The molecule has 22 heavy (non-hydrogen) atoms. The summed E-state index contributed by atoms with van der Waals surface area (Å²) in [7, 11) is 0. The molecule has 8 heteroatoms. The lowest BCUT2D eigenvalue weighted by atomic mass is 10.4. The minimum Gasteiger partial charge on any atom is -0.449 e. The van der Waals surface area contributed by atoms with Crippen LogP contribution in [0.5, 0.6) is 0 Å². The number of aromatic nitrogens is 3. The zero-order chi connectivity index (χ0) is 16.1. The zero-order valence-electron chi connectivity index (χ0n) is 12.3. The van der Waals surface area contributed by atoms with Gasteiger partial charge in [0, 0.05) is 12.3 Å². The second-order valence-corrected chi connectivity index (χ2v) is 5.50. The number of pyridine rings is 1. The van der Waals surface area contributed by atoms with Crippen LogP contribution in [0.2, 0.25) is 10.0 Å². The third-order valence-electron chi connectivity index (χ3n) is 2.78. The summed E-state index contributed by atoms with van der Waals surface area (Å²) in [5, 5.41) is 7.67. The molecule has 0 unspecified atom stereocenters. The van der Waals surface area contributed by atoms with Crippen LogP contribution >= 0.6 is 23.2 Å². The lowest BCUT2D eigenvalue weighted by Crippen LogP contribution is -2.17. The molecule has 0 atom stereocenters. The summed E-state index contributed by atoms with van der Waals surface area (Å²) in [5.74, 6) is 0.804. The summed E-state index contributed by atoms with van der Waals surface area (Å²) in [6, 6.07) is 3.26. The molecule has 0 bridgehead atoms. The zero-order valence-corrected chi connectivity index (χ0v) is 13.8. The number of unbranched alkanes of at least 4 members (excludes halogenated alkanes) is 1. The molecule has 6 nitrogen and oxygen atoms in total. The summed E-state index contributed by atoms with van der Waals surface area (Å²) >= 11 is 12.0. The van der Waals surface area contributed by atoms with E-state index >= 15 is 0 Å². The van der Waals surface area contributed by atoms with Crippen LogP contribution in [0.1, 0.15) is 25.5 Å². The number of ether oxygens (including phenoxy) is 1. The molecule has 2 aromatic rings. The van der Waals surface area contributed by atoms with Crippen molar-refractivity contribution in [3.63, 3.8) is 0 Å². The normalized spacial score (nSPS) is 10.5. The average molecular weight is 343 g/mol. The van der Waals surface area contributed by atoms with Crippen LogP contribution in [-0.4, -0.2) is 27.5 Å². The highest BCUT2D eigenvalue weighted by atomic mass is 35.5. The topological polar surface area (TPSA) is 69.0 Å². The Morgan fingerprint density at radius 1 is 1.41 bits per heavy atom. The van der Waals surface area contributed by atoms with E-state index in [0.29, 0.717) is 34.0 Å². The van der Waals surface area contributed by atoms with Gasteiger partial charge in [0.05, 0.1) is 22.3 Å². The second kappa shape index (κ2) is 7.47. The Morgan fingerprint density at radius 2 is 2.18 bits per heavy atom. The van der Waals surface area contributed by atoms with Crippen LogP contribution in [0, 0.1) is 6.92 Å². The van der Waals surface area contributed by atoms with Gasteiger partial charge in [-0.2, -0.15) is 9.78 Å². The van der Waals surface area contributed by atoms with Crippen molar-refractivity contribution in [1.29, 1.82) is 0 Å². The van der Waals surface area contributed by atoms with Crippen LogP contribution in [0.4, 0.5) is 10.6 Å². The summed E-state index contributed by atoms with van der Waals surface area (Å²) < 4.78 is 6.51. The molecular weight excluding hydrogens is 327 g/mol. The van der Waals surface area contributed by atoms with E-state index in [1.807, 2.05) is 6.92 Å². The van der Waals surface area contributed by atoms with Gasteiger partial charge in [-0.3, -0.25) is 5.32 Å². The fourth-order valence-corrected chi connectivity index (χ4v) is 2.22. The van der Waals surface area contributed by atoms with Crippen molar-refractivity contribution in [3.05, 3.63) is 34.1 Å². The molecule has 0 radical (unpaired) electrons. The van der Waals surface area contributed by atoms with E-state index in [2.05, 4.69) is 15.4 Å². The van der Waals surface area contributed by atoms with Gasteiger partial charge in [0.2, 0.25) is 0 Å². The second-order valence-electron chi connectivity index (χ2n) is 4.66. The van der Waals surface area contributed by atoms with Gasteiger partial charge in [0.15, 0.2) is 5.82 Å². The first-order valence-corrected chi connectivity index (χ1v) is 7.58. The first-order valence-electron chi connectivity index (χ1n) is 6.83. The van der Waals surface area contributed by atoms with Gasteiger partial charge in [0.1, 0.15) is 5.82 Å². The molecule has 1 N–H and O–H groups in total. The van der Waals surface area contributed by atoms with Crippen molar-refractivity contribution in [2.24, 2.45) is 0 Å². The van der Waals surface area contributed by atoms with Gasteiger partial charge in [-0.15, -0.1) is 0 Å². The fourth-order valence-electron chi connectivity index (χ4n) is 1.76. The summed E-state index contributed by atoms with van der Waals surface area (Å²) in [5.41, 5.74) is 0.705. The van der Waals surface area contributed by atoms with Crippen molar-refractivity contribution in [1.82, 2.24) is 14.8 Å². The third kappa shape index (κ3) is 4.11. The Hall–Kier alpha value is -1.79. The number of nitrogens with zero attached hydrogens (tertiary/aromatic N) is 3. The molecule has 1 amide bonds. The first-order chi connectivity index (χ1) is 10.5. The van der Waals surface area contributed by atoms with Crippen molar-refractivity contribution in [2.45, 2.75) is 26.7 Å². The Labute approximate surface area is 138 Å². The van der Waals surface area contributed by atoms with Crippen molar-refractivity contribution >= 4 is 35.1 Å². The predicted octanol–water partition coefficient (Wildman–Crippen LogP) is 4.23. The smallest absolute Gasteiger partial charge is 0.412 e. The largest absolute Gasteiger partial charge is 0.449 e. The van der Waals surface area contributed by atoms with Crippen LogP contribution in [-0.2, 0) is 4.74 Å². The minimum absolute atomic E-state index is 0.331. The van der Waals surface area contributed by atoms with E-state index in [0.717, 1.165) is 12.8 Å². The van der Waals surface area contributed by atoms with E-state index in [1.165, 1.54) is 10.9 Å². The van der Waals surface area contributed by atoms with E-state index in [1.54, 1.807) is 19.1 Å². The molecule has 0 fully saturated rings. The number of amides is 1. The highest BCUT2D eigenvalue weighted by molar-refractivity contribution is 6.35. The van der Waals surface area contributed by atoms with Gasteiger partial charge in [-0.05, 0) is 19.4 Å². The standard InChI is InChI=1S/C14H16Cl2N4O2/c1-3-4-5-22-14(21)18-12-6-9(2)19-20(12)13-11(16)7-10(15)8-17-13/h6-8H,3-5H2,1-2H3,(H,18,21). The van der Waals surface area contributed by atoms with Crippen LogP contribution in [0.3, 0.4) is 0 Å². The summed E-state index contributed by atoms with van der Waals surface area (Å²) in [6.45, 7) is 4.19. The number of hydrogen-bond donors (Lipinski definition) is 1. The average Bonchev–Trinajstić information content (AvgIpc) is 2.79. The van der Waals surface area contributed by atoms with Crippen LogP contribution in [0.15, 0.2) is 18.3 Å². The molecule has 2 rings (SSSR count). The number of nitrogens with one attached hydrogen (secondary N) is 1. The maximum atomic E-state index is 11.8. The van der Waals surface area contributed by atoms with E-state index in [-0.39, 0.29) is 0 Å². The highest BCUT2D eigenvalue weighted by Gasteiger charge is 2.15. The minimum atomic E-state index is -0.542. The summed E-state index contributed by atoms with van der Waals surface area (Å²) in [4.78, 5) is 15.9.